The van der Waals surface area contributed by atoms with Gasteiger partial charge in [-0.05, 0) is 43.7 Å². The van der Waals surface area contributed by atoms with E-state index in [1.807, 2.05) is 13.8 Å². The van der Waals surface area contributed by atoms with Gasteiger partial charge in [0.2, 0.25) is 15.9 Å². The van der Waals surface area contributed by atoms with E-state index in [9.17, 15) is 13.2 Å². The van der Waals surface area contributed by atoms with Crippen LogP contribution in [-0.4, -0.2) is 44.9 Å². The third kappa shape index (κ3) is 6.04. The summed E-state index contributed by atoms with van der Waals surface area (Å²) in [5.41, 5.74) is 1.51. The SMILES string of the molecule is CCOc1ccc(S(=O)(=O)N(CC)CC)cc1NCC(=O)Nc1c(Cl)ccc(C)c1Cl. The Labute approximate surface area is 193 Å². The fourth-order valence-corrected chi connectivity index (χ4v) is 4.88. The van der Waals surface area contributed by atoms with Crippen LogP contribution in [0.25, 0.3) is 0 Å². The number of rotatable bonds is 10. The summed E-state index contributed by atoms with van der Waals surface area (Å²) in [4.78, 5) is 12.6. The number of amides is 1. The molecule has 0 aliphatic carbocycles. The fourth-order valence-electron chi connectivity index (χ4n) is 2.93. The number of halogens is 2. The van der Waals surface area contributed by atoms with E-state index in [0.717, 1.165) is 5.56 Å². The zero-order valence-corrected chi connectivity index (χ0v) is 20.3. The summed E-state index contributed by atoms with van der Waals surface area (Å²) in [5, 5.41) is 6.33. The van der Waals surface area contributed by atoms with E-state index >= 15 is 0 Å². The lowest BCUT2D eigenvalue weighted by molar-refractivity contribution is -0.114. The van der Waals surface area contributed by atoms with Crippen molar-refractivity contribution in [2.24, 2.45) is 0 Å². The van der Waals surface area contributed by atoms with Gasteiger partial charge in [-0.15, -0.1) is 0 Å². The van der Waals surface area contributed by atoms with Crippen LogP contribution in [-0.2, 0) is 14.8 Å². The van der Waals surface area contributed by atoms with Gasteiger partial charge in [0.15, 0.2) is 0 Å². The maximum Gasteiger partial charge on any atom is 0.243 e. The zero-order chi connectivity index (χ0) is 23.2. The van der Waals surface area contributed by atoms with Gasteiger partial charge in [-0.3, -0.25) is 4.79 Å². The molecule has 0 saturated carbocycles. The van der Waals surface area contributed by atoms with Crippen LogP contribution in [0.5, 0.6) is 5.75 Å². The number of hydrogen-bond donors (Lipinski definition) is 2. The molecule has 0 bridgehead atoms. The minimum atomic E-state index is -3.66. The standard InChI is InChI=1S/C21H27Cl2N3O4S/c1-5-26(6-2)31(28,29)15-9-11-18(30-7-3)17(12-15)24-13-19(27)25-21-16(22)10-8-14(4)20(21)23/h8-12,24H,5-7,13H2,1-4H3,(H,25,27). The van der Waals surface area contributed by atoms with E-state index in [-0.39, 0.29) is 11.4 Å². The number of carbonyl (C=O) groups excluding carboxylic acids is 1. The van der Waals surface area contributed by atoms with Crippen molar-refractivity contribution in [2.75, 3.05) is 36.9 Å². The Bertz CT molecular complexity index is 1040. The average Bonchev–Trinajstić information content (AvgIpc) is 2.74. The topological polar surface area (TPSA) is 87.7 Å². The Morgan fingerprint density at radius 1 is 1.10 bits per heavy atom. The summed E-state index contributed by atoms with van der Waals surface area (Å²) in [6, 6.07) is 7.96. The molecular formula is C21H27Cl2N3O4S. The Hall–Kier alpha value is -2.00. The van der Waals surface area contributed by atoms with Gasteiger partial charge in [0.05, 0.1) is 39.5 Å². The molecule has 2 rings (SSSR count). The number of sulfonamides is 1. The van der Waals surface area contributed by atoms with Gasteiger partial charge in [0.1, 0.15) is 5.75 Å². The number of benzene rings is 2. The van der Waals surface area contributed by atoms with Crippen LogP contribution in [0, 0.1) is 6.92 Å². The van der Waals surface area contributed by atoms with Crippen molar-refractivity contribution in [1.82, 2.24) is 4.31 Å². The first-order valence-corrected chi connectivity index (χ1v) is 12.1. The summed E-state index contributed by atoms with van der Waals surface area (Å²) in [5.74, 6) is 0.0502. The molecule has 0 radical (unpaired) electrons. The van der Waals surface area contributed by atoms with Gasteiger partial charge in [-0.25, -0.2) is 8.42 Å². The van der Waals surface area contributed by atoms with Crippen molar-refractivity contribution in [3.05, 3.63) is 45.9 Å². The highest BCUT2D eigenvalue weighted by molar-refractivity contribution is 7.89. The molecular weight excluding hydrogens is 461 g/mol. The highest BCUT2D eigenvalue weighted by Crippen LogP contribution is 2.33. The number of ether oxygens (including phenoxy) is 1. The Kier molecular flexibility index (Phi) is 9.00. The highest BCUT2D eigenvalue weighted by atomic mass is 35.5. The molecule has 170 valence electrons. The molecule has 0 aliphatic heterocycles. The van der Waals surface area contributed by atoms with Crippen molar-refractivity contribution in [2.45, 2.75) is 32.6 Å². The smallest absolute Gasteiger partial charge is 0.243 e. The van der Waals surface area contributed by atoms with Crippen molar-refractivity contribution >= 4 is 50.5 Å². The number of aryl methyl sites for hydroxylation is 1. The van der Waals surface area contributed by atoms with Crippen molar-refractivity contribution in [1.29, 1.82) is 0 Å². The summed E-state index contributed by atoms with van der Waals surface area (Å²) in [6.45, 7) is 8.14. The lowest BCUT2D eigenvalue weighted by Gasteiger charge is -2.20. The van der Waals surface area contributed by atoms with Crippen molar-refractivity contribution in [3.8, 4) is 5.75 Å². The Morgan fingerprint density at radius 3 is 2.39 bits per heavy atom. The molecule has 2 aromatic rings. The number of carbonyl (C=O) groups is 1. The van der Waals surface area contributed by atoms with Gasteiger partial charge >= 0.3 is 0 Å². The van der Waals surface area contributed by atoms with E-state index in [1.54, 1.807) is 32.0 Å². The van der Waals surface area contributed by atoms with Gasteiger partial charge < -0.3 is 15.4 Å². The first-order valence-electron chi connectivity index (χ1n) is 9.90. The summed E-state index contributed by atoms with van der Waals surface area (Å²) in [7, 11) is -3.66. The lowest BCUT2D eigenvalue weighted by atomic mass is 10.2. The van der Waals surface area contributed by atoms with Crippen LogP contribution in [0.3, 0.4) is 0 Å². The molecule has 1 amide bonds. The van der Waals surface area contributed by atoms with Gasteiger partial charge in [-0.2, -0.15) is 4.31 Å². The third-order valence-electron chi connectivity index (χ3n) is 4.58. The molecule has 0 aliphatic rings. The van der Waals surface area contributed by atoms with Crippen molar-refractivity contribution in [3.63, 3.8) is 0 Å². The first-order chi connectivity index (χ1) is 14.6. The van der Waals surface area contributed by atoms with Gasteiger partial charge in [0, 0.05) is 13.1 Å². The minimum Gasteiger partial charge on any atom is -0.492 e. The van der Waals surface area contributed by atoms with Crippen LogP contribution in [0.2, 0.25) is 10.0 Å². The van der Waals surface area contributed by atoms with Crippen molar-refractivity contribution < 1.29 is 17.9 Å². The van der Waals surface area contributed by atoms with Crippen LogP contribution in [0.4, 0.5) is 11.4 Å². The van der Waals surface area contributed by atoms with Crippen LogP contribution < -0.4 is 15.4 Å². The normalized spacial score (nSPS) is 11.5. The highest BCUT2D eigenvalue weighted by Gasteiger charge is 2.23. The summed E-state index contributed by atoms with van der Waals surface area (Å²) < 4.78 is 32.6. The maximum atomic E-state index is 12.9. The van der Waals surface area contributed by atoms with Crippen LogP contribution in [0.1, 0.15) is 26.3 Å². The predicted molar refractivity (Wildman–Crippen MR) is 126 cm³/mol. The first kappa shape index (κ1) is 25.3. The second-order valence-corrected chi connectivity index (χ2v) is 9.36. The van der Waals surface area contributed by atoms with E-state index in [2.05, 4.69) is 10.6 Å². The molecule has 10 heteroatoms. The molecule has 0 saturated heterocycles. The Balaban J connectivity index is 2.25. The summed E-state index contributed by atoms with van der Waals surface area (Å²) in [6.07, 6.45) is 0. The molecule has 0 heterocycles. The average molecular weight is 488 g/mol. The lowest BCUT2D eigenvalue weighted by Crippen LogP contribution is -2.30. The number of anilines is 2. The van der Waals surface area contributed by atoms with Crippen LogP contribution >= 0.6 is 23.2 Å². The largest absolute Gasteiger partial charge is 0.492 e. The Morgan fingerprint density at radius 2 is 1.77 bits per heavy atom. The molecule has 0 unspecified atom stereocenters. The van der Waals surface area contributed by atoms with E-state index < -0.39 is 15.9 Å². The monoisotopic (exact) mass is 487 g/mol. The minimum absolute atomic E-state index is 0.118. The molecule has 0 fully saturated rings. The molecule has 7 nitrogen and oxygen atoms in total. The molecule has 0 atom stereocenters. The number of nitrogens with one attached hydrogen (secondary N) is 2. The van der Waals surface area contributed by atoms with Gasteiger partial charge in [-0.1, -0.05) is 43.1 Å². The molecule has 2 N–H and O–H groups in total. The summed E-state index contributed by atoms with van der Waals surface area (Å²) >= 11 is 12.4. The van der Waals surface area contributed by atoms with E-state index in [1.165, 1.54) is 16.4 Å². The number of nitrogens with zero attached hydrogens (tertiary/aromatic N) is 1. The molecule has 0 aromatic heterocycles. The zero-order valence-electron chi connectivity index (χ0n) is 18.0. The molecule has 0 spiro atoms. The second-order valence-electron chi connectivity index (χ2n) is 6.64. The molecule has 31 heavy (non-hydrogen) atoms. The third-order valence-corrected chi connectivity index (χ3v) is 7.43. The van der Waals surface area contributed by atoms with E-state index in [0.29, 0.717) is 46.9 Å². The fraction of sp³-hybridized carbons (Fsp3) is 0.381. The van der Waals surface area contributed by atoms with Crippen LogP contribution in [0.15, 0.2) is 35.2 Å². The maximum absolute atomic E-state index is 12.9. The number of hydrogen-bond acceptors (Lipinski definition) is 5. The molecule has 2 aromatic carbocycles. The van der Waals surface area contributed by atoms with E-state index in [4.69, 9.17) is 27.9 Å². The van der Waals surface area contributed by atoms with Gasteiger partial charge in [0.25, 0.3) is 0 Å². The second kappa shape index (κ2) is 11.0. The quantitative estimate of drug-likeness (QED) is 0.503. The predicted octanol–water partition coefficient (Wildman–Crippen LogP) is 4.78.